The zero-order valence-electron chi connectivity index (χ0n) is 17.3. The number of halogens is 4. The number of alkyl halides is 3. The standard InChI is InChI=1S/C21H21AsClF3N4O3/c22-17-7-13(23)2-1-12(17)10-30-6-5-14(11-30)29-19(31)9-28-20(32)16-8-15(3-4-18(16)27)33-21(24,25)26/h1-4,7-8,14H,5-6,9-11,27H2,(H,28,32)(H,29,31)/t14-/m1/s1. The molecule has 3 rings (SSSR count). The zero-order chi connectivity index (χ0) is 24.2. The van der Waals surface area contributed by atoms with Gasteiger partial charge in [-0.2, -0.15) is 0 Å². The maximum absolute atomic E-state index is 12.4. The van der Waals surface area contributed by atoms with Crippen LogP contribution in [-0.4, -0.2) is 65.6 Å². The molecular weight excluding hydrogens is 524 g/mol. The second-order valence-corrected chi connectivity index (χ2v) is 8.99. The van der Waals surface area contributed by atoms with E-state index in [1.165, 1.54) is 0 Å². The van der Waals surface area contributed by atoms with E-state index in [1.54, 1.807) is 0 Å². The second kappa shape index (κ2) is 10.7. The summed E-state index contributed by atoms with van der Waals surface area (Å²) in [6.07, 6.45) is -4.14. The third-order valence-corrected chi connectivity index (χ3v) is 6.10. The first-order valence-electron chi connectivity index (χ1n) is 9.93. The van der Waals surface area contributed by atoms with Crippen molar-refractivity contribution >= 4 is 50.3 Å². The summed E-state index contributed by atoms with van der Waals surface area (Å²) >= 11 is 8.48. The van der Waals surface area contributed by atoms with Crippen LogP contribution in [0.15, 0.2) is 36.4 Å². The predicted molar refractivity (Wildman–Crippen MR) is 119 cm³/mol. The Kier molecular flexibility index (Phi) is 8.15. The summed E-state index contributed by atoms with van der Waals surface area (Å²) in [5.74, 6) is -1.76. The Labute approximate surface area is 202 Å². The van der Waals surface area contributed by atoms with Crippen LogP contribution in [0.1, 0.15) is 22.3 Å². The normalized spacial score (nSPS) is 16.5. The van der Waals surface area contributed by atoms with Gasteiger partial charge in [-0.15, -0.1) is 13.2 Å². The van der Waals surface area contributed by atoms with Gasteiger partial charge in [0, 0.05) is 5.69 Å². The van der Waals surface area contributed by atoms with Crippen LogP contribution in [0.5, 0.6) is 5.75 Å². The van der Waals surface area contributed by atoms with E-state index in [9.17, 15) is 22.8 Å². The summed E-state index contributed by atoms with van der Waals surface area (Å²) in [6, 6.07) is 8.62. The van der Waals surface area contributed by atoms with Crippen molar-refractivity contribution in [1.29, 1.82) is 0 Å². The fourth-order valence-electron chi connectivity index (χ4n) is 3.47. The first-order chi connectivity index (χ1) is 15.5. The number of anilines is 1. The Morgan fingerprint density at radius 2 is 2.00 bits per heavy atom. The van der Waals surface area contributed by atoms with Gasteiger partial charge in [0.1, 0.15) is 5.75 Å². The molecule has 2 amide bonds. The van der Waals surface area contributed by atoms with Gasteiger partial charge in [0.05, 0.1) is 0 Å². The van der Waals surface area contributed by atoms with Crippen LogP contribution in [0.2, 0.25) is 5.02 Å². The third kappa shape index (κ3) is 7.55. The van der Waals surface area contributed by atoms with Crippen LogP contribution < -0.4 is 25.5 Å². The minimum absolute atomic E-state index is 0.0371. The van der Waals surface area contributed by atoms with Gasteiger partial charge in [-0.1, -0.05) is 0 Å². The summed E-state index contributed by atoms with van der Waals surface area (Å²) in [6.45, 7) is 1.83. The molecule has 1 aliphatic rings. The molecule has 1 heterocycles. The number of rotatable bonds is 7. The van der Waals surface area contributed by atoms with E-state index in [-0.39, 0.29) is 23.8 Å². The minimum atomic E-state index is -4.90. The van der Waals surface area contributed by atoms with E-state index in [1.807, 2.05) is 18.2 Å². The fraction of sp³-hybridized carbons (Fsp3) is 0.333. The van der Waals surface area contributed by atoms with Crippen LogP contribution in [0.4, 0.5) is 18.9 Å². The number of likely N-dealkylation sites (tertiary alicyclic amines) is 1. The van der Waals surface area contributed by atoms with Gasteiger partial charge in [0.25, 0.3) is 0 Å². The number of ether oxygens (including phenoxy) is 1. The first-order valence-corrected chi connectivity index (χ1v) is 11.2. The van der Waals surface area contributed by atoms with Crippen molar-refractivity contribution in [1.82, 2.24) is 15.5 Å². The monoisotopic (exact) mass is 544 g/mol. The molecule has 7 nitrogen and oxygen atoms in total. The Hall–Kier alpha value is -2.42. The molecule has 1 aliphatic heterocycles. The summed E-state index contributed by atoms with van der Waals surface area (Å²) in [7, 11) is 0. The molecule has 4 N–H and O–H groups in total. The summed E-state index contributed by atoms with van der Waals surface area (Å²) < 4.78 is 42.0. The number of amides is 2. The number of carbonyl (C=O) groups is 2. The van der Waals surface area contributed by atoms with Gasteiger partial charge in [-0.3, -0.25) is 0 Å². The molecule has 1 fully saturated rings. The van der Waals surface area contributed by atoms with Crippen molar-refractivity contribution in [3.63, 3.8) is 0 Å². The van der Waals surface area contributed by atoms with E-state index < -0.39 is 23.9 Å². The molecule has 176 valence electrons. The van der Waals surface area contributed by atoms with E-state index in [0.717, 1.165) is 47.6 Å². The number of nitrogens with zero attached hydrogens (tertiary/aromatic N) is 1. The fourth-order valence-corrected chi connectivity index (χ4v) is 4.40. The third-order valence-electron chi connectivity index (χ3n) is 4.99. The first kappa shape index (κ1) is 25.2. The van der Waals surface area contributed by atoms with Crippen molar-refractivity contribution in [2.75, 3.05) is 25.4 Å². The molecule has 0 aromatic heterocycles. The summed E-state index contributed by atoms with van der Waals surface area (Å²) in [4.78, 5) is 26.8. The van der Waals surface area contributed by atoms with Crippen LogP contribution in [0.3, 0.4) is 0 Å². The van der Waals surface area contributed by atoms with Gasteiger partial charge < -0.3 is 10.5 Å². The van der Waals surface area contributed by atoms with Gasteiger partial charge >= 0.3 is 149 Å². The SMILES string of the molecule is Nc1ccc(OC(F)(F)F)cc1C(=O)NCC(=O)N[C@@H]1CCN(Cc2ccc(Cl)cc2[As])C1. The van der Waals surface area contributed by atoms with Gasteiger partial charge in [0.2, 0.25) is 0 Å². The quantitative estimate of drug-likeness (QED) is 0.365. The molecular formula is C21H21AsClF3N4O3. The molecule has 2 aromatic rings. The van der Waals surface area contributed by atoms with E-state index in [4.69, 9.17) is 17.3 Å². The summed E-state index contributed by atoms with van der Waals surface area (Å²) in [5, 5.41) is 5.90. The Morgan fingerprint density at radius 1 is 1.24 bits per heavy atom. The molecule has 2 aromatic carbocycles. The molecule has 1 saturated heterocycles. The van der Waals surface area contributed by atoms with E-state index >= 15 is 0 Å². The Morgan fingerprint density at radius 3 is 2.70 bits per heavy atom. The van der Waals surface area contributed by atoms with Crippen molar-refractivity contribution in [2.24, 2.45) is 0 Å². The van der Waals surface area contributed by atoms with Crippen molar-refractivity contribution < 1.29 is 27.5 Å². The zero-order valence-corrected chi connectivity index (χ0v) is 19.9. The number of nitrogen functional groups attached to an aromatic ring is 1. The maximum atomic E-state index is 12.4. The molecule has 0 unspecified atom stereocenters. The van der Waals surface area contributed by atoms with Crippen LogP contribution in [0.25, 0.3) is 0 Å². The van der Waals surface area contributed by atoms with Crippen molar-refractivity contribution in [2.45, 2.75) is 25.4 Å². The molecule has 2 radical (unpaired) electrons. The Balaban J connectivity index is 1.48. The molecule has 0 bridgehead atoms. The number of nitrogens with one attached hydrogen (secondary N) is 2. The number of hydrogen-bond acceptors (Lipinski definition) is 5. The van der Waals surface area contributed by atoms with Crippen molar-refractivity contribution in [3.05, 3.63) is 52.5 Å². The van der Waals surface area contributed by atoms with E-state index in [0.29, 0.717) is 11.6 Å². The molecule has 33 heavy (non-hydrogen) atoms. The molecule has 1 atom stereocenters. The summed E-state index contributed by atoms with van der Waals surface area (Å²) in [5.41, 5.74) is 6.56. The molecule has 12 heteroatoms. The average Bonchev–Trinajstić information content (AvgIpc) is 3.15. The average molecular weight is 545 g/mol. The number of carbonyl (C=O) groups excluding carboxylic acids is 2. The number of hydrogen-bond donors (Lipinski definition) is 3. The molecule has 0 spiro atoms. The molecule has 0 aliphatic carbocycles. The van der Waals surface area contributed by atoms with E-state index in [2.05, 4.69) is 37.1 Å². The Bertz CT molecular complexity index is 1040. The van der Waals surface area contributed by atoms with Gasteiger partial charge in [0.15, 0.2) is 0 Å². The van der Waals surface area contributed by atoms with Gasteiger partial charge in [-0.05, 0) is 18.2 Å². The predicted octanol–water partition coefficient (Wildman–Crippen LogP) is 1.74. The number of benzene rings is 2. The second-order valence-electron chi connectivity index (χ2n) is 7.54. The van der Waals surface area contributed by atoms with Crippen LogP contribution in [0, 0.1) is 0 Å². The van der Waals surface area contributed by atoms with Crippen LogP contribution >= 0.6 is 11.6 Å². The number of nitrogens with two attached hydrogens (primary N) is 1. The van der Waals surface area contributed by atoms with Crippen LogP contribution in [-0.2, 0) is 11.3 Å². The van der Waals surface area contributed by atoms with Gasteiger partial charge in [-0.25, -0.2) is 0 Å². The van der Waals surface area contributed by atoms with Crippen molar-refractivity contribution in [3.8, 4) is 5.75 Å². The molecule has 0 saturated carbocycles. The topological polar surface area (TPSA) is 96.7 Å².